The van der Waals surface area contributed by atoms with Crippen LogP contribution in [0.4, 0.5) is 10.5 Å². The van der Waals surface area contributed by atoms with Crippen LogP contribution in [-0.2, 0) is 4.79 Å². The largest absolute Gasteiger partial charge is 0.484 e. The van der Waals surface area contributed by atoms with Gasteiger partial charge in [-0.25, -0.2) is 10.2 Å². The first kappa shape index (κ1) is 17.3. The van der Waals surface area contributed by atoms with Crippen LogP contribution in [-0.4, -0.2) is 18.5 Å². The minimum atomic E-state index is -0.537. The molecular formula is C20H19N3O3. The maximum Gasteiger partial charge on any atom is 0.337 e. The van der Waals surface area contributed by atoms with Gasteiger partial charge in [-0.05, 0) is 30.5 Å². The van der Waals surface area contributed by atoms with Crippen molar-refractivity contribution in [2.45, 2.75) is 6.92 Å². The van der Waals surface area contributed by atoms with Gasteiger partial charge in [0, 0.05) is 5.39 Å². The molecule has 0 fully saturated rings. The second kappa shape index (κ2) is 8.02. The van der Waals surface area contributed by atoms with E-state index in [1.54, 1.807) is 18.2 Å². The van der Waals surface area contributed by atoms with E-state index in [9.17, 15) is 9.59 Å². The van der Waals surface area contributed by atoms with E-state index >= 15 is 0 Å². The summed E-state index contributed by atoms with van der Waals surface area (Å²) in [6.45, 7) is 1.77. The van der Waals surface area contributed by atoms with Crippen molar-refractivity contribution in [3.05, 3.63) is 72.3 Å². The molecule has 26 heavy (non-hydrogen) atoms. The number of carbonyl (C=O) groups excluding carboxylic acids is 2. The summed E-state index contributed by atoms with van der Waals surface area (Å²) < 4.78 is 5.35. The summed E-state index contributed by atoms with van der Waals surface area (Å²) in [4.78, 5) is 23.8. The molecule has 3 aromatic carbocycles. The van der Waals surface area contributed by atoms with E-state index in [1.165, 1.54) is 0 Å². The van der Waals surface area contributed by atoms with E-state index in [0.29, 0.717) is 11.4 Å². The van der Waals surface area contributed by atoms with Crippen LogP contribution in [0.2, 0.25) is 0 Å². The van der Waals surface area contributed by atoms with Crippen LogP contribution < -0.4 is 20.9 Å². The van der Waals surface area contributed by atoms with E-state index in [-0.39, 0.29) is 6.61 Å². The predicted octanol–water partition coefficient (Wildman–Crippen LogP) is 3.38. The maximum absolute atomic E-state index is 12.0. The van der Waals surface area contributed by atoms with Crippen molar-refractivity contribution in [2.75, 3.05) is 11.9 Å². The monoisotopic (exact) mass is 349 g/mol. The van der Waals surface area contributed by atoms with Crippen LogP contribution in [0.1, 0.15) is 5.56 Å². The Morgan fingerprint density at radius 2 is 1.62 bits per heavy atom. The van der Waals surface area contributed by atoms with Crippen molar-refractivity contribution in [3.63, 3.8) is 0 Å². The zero-order chi connectivity index (χ0) is 18.4. The molecule has 6 nitrogen and oxygen atoms in total. The quantitative estimate of drug-likeness (QED) is 0.632. The van der Waals surface area contributed by atoms with Gasteiger partial charge in [0.15, 0.2) is 6.61 Å². The Bertz CT molecular complexity index is 918. The van der Waals surface area contributed by atoms with Crippen LogP contribution in [0, 0.1) is 6.92 Å². The molecule has 0 aromatic heterocycles. The Kier molecular flexibility index (Phi) is 5.34. The molecule has 0 aliphatic carbocycles. The summed E-state index contributed by atoms with van der Waals surface area (Å²) in [5, 5.41) is 4.65. The number of anilines is 1. The first-order chi connectivity index (χ1) is 12.6. The Labute approximate surface area is 151 Å². The summed E-state index contributed by atoms with van der Waals surface area (Å²) >= 11 is 0. The molecule has 0 saturated heterocycles. The third-order valence-electron chi connectivity index (χ3n) is 3.74. The lowest BCUT2D eigenvalue weighted by Gasteiger charge is -2.11. The number of nitrogens with one attached hydrogen (secondary N) is 3. The zero-order valence-corrected chi connectivity index (χ0v) is 14.3. The second-order valence-electron chi connectivity index (χ2n) is 5.76. The average Bonchev–Trinajstić information content (AvgIpc) is 2.66. The SMILES string of the molecule is Cc1ccc(OCC(=O)NNC(=O)Nc2cccc3ccccc23)cc1. The molecule has 3 N–H and O–H groups in total. The lowest BCUT2D eigenvalue weighted by Crippen LogP contribution is -2.45. The third-order valence-corrected chi connectivity index (χ3v) is 3.74. The highest BCUT2D eigenvalue weighted by Gasteiger charge is 2.07. The van der Waals surface area contributed by atoms with Gasteiger partial charge in [-0.1, -0.05) is 54.1 Å². The number of hydrogen-bond donors (Lipinski definition) is 3. The number of urea groups is 1. The Morgan fingerprint density at radius 3 is 2.42 bits per heavy atom. The maximum atomic E-state index is 12.0. The molecule has 0 radical (unpaired) electrons. The lowest BCUT2D eigenvalue weighted by atomic mass is 10.1. The van der Waals surface area contributed by atoms with Crippen molar-refractivity contribution >= 4 is 28.4 Å². The van der Waals surface area contributed by atoms with Crippen LogP contribution in [0.5, 0.6) is 5.75 Å². The smallest absolute Gasteiger partial charge is 0.337 e. The summed E-state index contributed by atoms with van der Waals surface area (Å²) in [6.07, 6.45) is 0. The number of ether oxygens (including phenoxy) is 1. The molecule has 3 amide bonds. The third kappa shape index (κ3) is 4.51. The number of hydrazine groups is 1. The summed E-state index contributed by atoms with van der Waals surface area (Å²) in [7, 11) is 0. The highest BCUT2D eigenvalue weighted by Crippen LogP contribution is 2.22. The number of amides is 3. The van der Waals surface area contributed by atoms with Crippen molar-refractivity contribution < 1.29 is 14.3 Å². The van der Waals surface area contributed by atoms with Gasteiger partial charge in [-0.3, -0.25) is 10.2 Å². The van der Waals surface area contributed by atoms with Gasteiger partial charge in [-0.2, -0.15) is 0 Å². The molecule has 0 unspecified atom stereocenters. The number of aryl methyl sites for hydroxylation is 1. The molecule has 0 spiro atoms. The number of carbonyl (C=O) groups is 2. The normalized spacial score (nSPS) is 10.2. The number of benzene rings is 3. The van der Waals surface area contributed by atoms with E-state index < -0.39 is 11.9 Å². The minimum Gasteiger partial charge on any atom is -0.484 e. The number of rotatable bonds is 4. The Morgan fingerprint density at radius 1 is 0.885 bits per heavy atom. The highest BCUT2D eigenvalue weighted by molar-refractivity contribution is 6.01. The van der Waals surface area contributed by atoms with Crippen molar-refractivity contribution in [1.29, 1.82) is 0 Å². The van der Waals surface area contributed by atoms with E-state index in [4.69, 9.17) is 4.74 Å². The topological polar surface area (TPSA) is 79.5 Å². The molecule has 0 aliphatic rings. The molecule has 132 valence electrons. The van der Waals surface area contributed by atoms with Crippen molar-refractivity contribution in [3.8, 4) is 5.75 Å². The first-order valence-electron chi connectivity index (χ1n) is 8.15. The lowest BCUT2D eigenvalue weighted by molar-refractivity contribution is -0.123. The summed E-state index contributed by atoms with van der Waals surface area (Å²) in [5.74, 6) is 0.129. The first-order valence-corrected chi connectivity index (χ1v) is 8.15. The van der Waals surface area contributed by atoms with Crippen LogP contribution in [0.25, 0.3) is 10.8 Å². The average molecular weight is 349 g/mol. The fourth-order valence-electron chi connectivity index (χ4n) is 2.43. The molecular weight excluding hydrogens is 330 g/mol. The van der Waals surface area contributed by atoms with E-state index in [1.807, 2.05) is 55.5 Å². The zero-order valence-electron chi connectivity index (χ0n) is 14.3. The second-order valence-corrected chi connectivity index (χ2v) is 5.76. The van der Waals surface area contributed by atoms with Crippen LogP contribution in [0.3, 0.4) is 0 Å². The molecule has 6 heteroatoms. The van der Waals surface area contributed by atoms with Gasteiger partial charge >= 0.3 is 6.03 Å². The van der Waals surface area contributed by atoms with Gasteiger partial charge in [0.05, 0.1) is 5.69 Å². The predicted molar refractivity (Wildman–Crippen MR) is 101 cm³/mol. The molecule has 0 heterocycles. The number of hydrogen-bond acceptors (Lipinski definition) is 3. The molecule has 0 saturated carbocycles. The van der Waals surface area contributed by atoms with Gasteiger partial charge in [0.1, 0.15) is 5.75 Å². The summed E-state index contributed by atoms with van der Waals surface area (Å²) in [6, 6.07) is 20.1. The molecule has 0 aliphatic heterocycles. The molecule has 0 bridgehead atoms. The van der Waals surface area contributed by atoms with E-state index in [2.05, 4.69) is 16.2 Å². The van der Waals surface area contributed by atoms with Crippen LogP contribution >= 0.6 is 0 Å². The summed E-state index contributed by atoms with van der Waals surface area (Å²) in [5.41, 5.74) is 6.38. The van der Waals surface area contributed by atoms with Gasteiger partial charge in [0.25, 0.3) is 5.91 Å². The fourth-order valence-corrected chi connectivity index (χ4v) is 2.43. The number of fused-ring (bicyclic) bond motifs is 1. The van der Waals surface area contributed by atoms with Gasteiger partial charge < -0.3 is 10.1 Å². The van der Waals surface area contributed by atoms with Crippen molar-refractivity contribution in [2.24, 2.45) is 0 Å². The Balaban J connectivity index is 1.49. The minimum absolute atomic E-state index is 0.197. The Hall–Kier alpha value is -3.54. The van der Waals surface area contributed by atoms with Gasteiger partial charge in [-0.15, -0.1) is 0 Å². The van der Waals surface area contributed by atoms with Crippen LogP contribution in [0.15, 0.2) is 66.7 Å². The van der Waals surface area contributed by atoms with E-state index in [0.717, 1.165) is 16.3 Å². The van der Waals surface area contributed by atoms with Crippen molar-refractivity contribution in [1.82, 2.24) is 10.9 Å². The highest BCUT2D eigenvalue weighted by atomic mass is 16.5. The standard InChI is InChI=1S/C20H19N3O3/c1-14-9-11-16(12-10-14)26-13-19(24)22-23-20(25)21-18-8-4-6-15-5-2-3-7-17(15)18/h2-12H,13H2,1H3,(H,22,24)(H2,21,23,25). The molecule has 3 aromatic rings. The fraction of sp³-hybridized carbons (Fsp3) is 0.100. The van der Waals surface area contributed by atoms with Gasteiger partial charge in [0.2, 0.25) is 0 Å². The molecule has 3 rings (SSSR count). The molecule has 0 atom stereocenters.